The van der Waals surface area contributed by atoms with E-state index in [1.165, 1.54) is 50.5 Å². The molecule has 22 heavy (non-hydrogen) atoms. The molecule has 2 N–H and O–H groups in total. The summed E-state index contributed by atoms with van der Waals surface area (Å²) in [6.45, 7) is 2.75. The molecule has 0 heterocycles. The Balaban J connectivity index is 1.96. The summed E-state index contributed by atoms with van der Waals surface area (Å²) in [7, 11) is -2.16. The minimum absolute atomic E-state index is 0.466. The molecule has 0 saturated heterocycles. The summed E-state index contributed by atoms with van der Waals surface area (Å²) < 4.78 is 4.74. The van der Waals surface area contributed by atoms with E-state index >= 15 is 0 Å². The van der Waals surface area contributed by atoms with Crippen LogP contribution in [0.2, 0.25) is 0 Å². The van der Waals surface area contributed by atoms with Crippen LogP contribution >= 0.6 is 8.60 Å². The average molecular weight is 326 g/mol. The maximum absolute atomic E-state index is 8.60. The quantitative estimate of drug-likeness (QED) is 0.370. The van der Waals surface area contributed by atoms with Crippen LogP contribution in [0.3, 0.4) is 0 Å². The molecule has 0 amide bonds. The van der Waals surface area contributed by atoms with E-state index in [2.05, 4.69) is 37.3 Å². The van der Waals surface area contributed by atoms with Gasteiger partial charge in [-0.15, -0.1) is 0 Å². The molecule has 4 heteroatoms. The summed E-state index contributed by atoms with van der Waals surface area (Å²) in [6.07, 6.45) is 11.0. The van der Waals surface area contributed by atoms with E-state index in [0.717, 1.165) is 12.8 Å². The molecule has 1 aromatic rings. The van der Waals surface area contributed by atoms with Gasteiger partial charge in [-0.1, -0.05) is 75.8 Å². The molecule has 0 aliphatic rings. The number of hydrogen-bond donors (Lipinski definition) is 2. The number of rotatable bonds is 13. The van der Waals surface area contributed by atoms with Gasteiger partial charge in [0, 0.05) is 0 Å². The molecule has 0 aliphatic heterocycles. The molecule has 126 valence electrons. The standard InChI is InChI=1S/C18H31O3P/c1-2-17(18-14-10-8-11-15-18)13-9-6-4-3-5-7-12-16-21-22(19)20/h8,10-11,14-15,17,19-20H,2-7,9,12-13,16H2,1H3. The van der Waals surface area contributed by atoms with Gasteiger partial charge in [-0.2, -0.15) is 0 Å². The van der Waals surface area contributed by atoms with Gasteiger partial charge in [0.05, 0.1) is 6.61 Å². The van der Waals surface area contributed by atoms with Gasteiger partial charge in [0.15, 0.2) is 0 Å². The normalized spacial score (nSPS) is 12.7. The molecule has 0 saturated carbocycles. The molecule has 0 bridgehead atoms. The summed E-state index contributed by atoms with van der Waals surface area (Å²) >= 11 is 0. The Morgan fingerprint density at radius 3 is 2.09 bits per heavy atom. The van der Waals surface area contributed by atoms with Crippen LogP contribution in [-0.2, 0) is 4.52 Å². The summed E-state index contributed by atoms with van der Waals surface area (Å²) in [5.41, 5.74) is 1.48. The Bertz CT molecular complexity index is 357. The van der Waals surface area contributed by atoms with Crippen molar-refractivity contribution in [3.63, 3.8) is 0 Å². The van der Waals surface area contributed by atoms with Gasteiger partial charge in [-0.3, -0.25) is 0 Å². The summed E-state index contributed by atoms with van der Waals surface area (Å²) in [5.74, 6) is 0.713. The first-order valence-corrected chi connectivity index (χ1v) is 9.76. The first-order chi connectivity index (χ1) is 10.7. The van der Waals surface area contributed by atoms with Crippen molar-refractivity contribution >= 4 is 8.60 Å². The van der Waals surface area contributed by atoms with E-state index in [0.29, 0.717) is 12.5 Å². The molecule has 1 unspecified atom stereocenters. The third-order valence-corrected chi connectivity index (χ3v) is 4.58. The number of benzene rings is 1. The Kier molecular flexibility index (Phi) is 11.6. The van der Waals surface area contributed by atoms with Gasteiger partial charge >= 0.3 is 8.60 Å². The Morgan fingerprint density at radius 1 is 0.909 bits per heavy atom. The van der Waals surface area contributed by atoms with Gasteiger partial charge in [0.2, 0.25) is 0 Å². The lowest BCUT2D eigenvalue weighted by Gasteiger charge is -2.15. The summed E-state index contributed by atoms with van der Waals surface area (Å²) in [5, 5.41) is 0. The smallest absolute Gasteiger partial charge is 0.327 e. The maximum Gasteiger partial charge on any atom is 0.327 e. The Morgan fingerprint density at radius 2 is 1.50 bits per heavy atom. The molecule has 1 rings (SSSR count). The van der Waals surface area contributed by atoms with Gasteiger partial charge in [0.25, 0.3) is 0 Å². The van der Waals surface area contributed by atoms with Crippen molar-refractivity contribution in [3.8, 4) is 0 Å². The zero-order chi connectivity index (χ0) is 16.0. The zero-order valence-electron chi connectivity index (χ0n) is 13.8. The molecule has 3 nitrogen and oxygen atoms in total. The second kappa shape index (κ2) is 13.0. The second-order valence-corrected chi connectivity index (χ2v) is 6.63. The summed E-state index contributed by atoms with van der Waals surface area (Å²) in [6, 6.07) is 10.9. The lowest BCUT2D eigenvalue weighted by Crippen LogP contribution is -1.97. The highest BCUT2D eigenvalue weighted by Gasteiger charge is 2.08. The molecule has 0 radical (unpaired) electrons. The first kappa shape index (κ1) is 19.6. The van der Waals surface area contributed by atoms with Crippen molar-refractivity contribution in [2.24, 2.45) is 0 Å². The van der Waals surface area contributed by atoms with E-state index in [4.69, 9.17) is 14.3 Å². The average Bonchev–Trinajstić information content (AvgIpc) is 2.53. The molecular weight excluding hydrogens is 295 g/mol. The third-order valence-electron chi connectivity index (χ3n) is 4.17. The molecule has 1 aromatic carbocycles. The van der Waals surface area contributed by atoms with Crippen LogP contribution in [0.5, 0.6) is 0 Å². The molecule has 0 aliphatic carbocycles. The maximum atomic E-state index is 8.60. The van der Waals surface area contributed by atoms with Crippen LogP contribution in [0.1, 0.15) is 76.2 Å². The number of unbranched alkanes of at least 4 members (excludes halogenated alkanes) is 6. The fraction of sp³-hybridized carbons (Fsp3) is 0.667. The van der Waals surface area contributed by atoms with E-state index in [-0.39, 0.29) is 0 Å². The van der Waals surface area contributed by atoms with Crippen molar-refractivity contribution in [2.45, 2.75) is 70.6 Å². The van der Waals surface area contributed by atoms with E-state index in [9.17, 15) is 0 Å². The van der Waals surface area contributed by atoms with Gasteiger partial charge in [0.1, 0.15) is 0 Å². The van der Waals surface area contributed by atoms with Gasteiger partial charge < -0.3 is 14.3 Å². The largest absolute Gasteiger partial charge is 0.328 e. The van der Waals surface area contributed by atoms with Crippen LogP contribution in [-0.4, -0.2) is 16.4 Å². The van der Waals surface area contributed by atoms with E-state index in [1.807, 2.05) is 0 Å². The Labute approximate surface area is 136 Å². The van der Waals surface area contributed by atoms with Crippen molar-refractivity contribution in [1.29, 1.82) is 0 Å². The van der Waals surface area contributed by atoms with Crippen LogP contribution in [0.15, 0.2) is 30.3 Å². The van der Waals surface area contributed by atoms with Crippen molar-refractivity contribution in [3.05, 3.63) is 35.9 Å². The Hall–Kier alpha value is -0.470. The minimum atomic E-state index is -2.16. The predicted molar refractivity (Wildman–Crippen MR) is 93.7 cm³/mol. The van der Waals surface area contributed by atoms with Gasteiger partial charge in [-0.05, 0) is 30.7 Å². The SMILES string of the molecule is CCC(CCCCCCCCCOP(O)O)c1ccccc1. The highest BCUT2D eigenvalue weighted by atomic mass is 31.2. The van der Waals surface area contributed by atoms with Crippen LogP contribution < -0.4 is 0 Å². The molecule has 0 spiro atoms. The molecular formula is C18H31O3P. The third kappa shape index (κ3) is 9.53. The van der Waals surface area contributed by atoms with Gasteiger partial charge in [-0.25, -0.2) is 0 Å². The van der Waals surface area contributed by atoms with E-state index < -0.39 is 8.60 Å². The molecule has 0 fully saturated rings. The zero-order valence-corrected chi connectivity index (χ0v) is 14.7. The van der Waals surface area contributed by atoms with E-state index in [1.54, 1.807) is 0 Å². The highest BCUT2D eigenvalue weighted by Crippen LogP contribution is 2.26. The fourth-order valence-corrected chi connectivity index (χ4v) is 3.15. The predicted octanol–water partition coefficient (Wildman–Crippen LogP) is 5.53. The van der Waals surface area contributed by atoms with Crippen molar-refractivity contribution in [1.82, 2.24) is 0 Å². The minimum Gasteiger partial charge on any atom is -0.328 e. The second-order valence-electron chi connectivity index (χ2n) is 5.87. The van der Waals surface area contributed by atoms with Crippen molar-refractivity contribution < 1.29 is 14.3 Å². The monoisotopic (exact) mass is 326 g/mol. The lowest BCUT2D eigenvalue weighted by molar-refractivity contribution is 0.248. The molecule has 0 aromatic heterocycles. The topological polar surface area (TPSA) is 49.7 Å². The summed E-state index contributed by atoms with van der Waals surface area (Å²) in [4.78, 5) is 17.2. The van der Waals surface area contributed by atoms with Crippen molar-refractivity contribution in [2.75, 3.05) is 6.61 Å². The van der Waals surface area contributed by atoms with Crippen LogP contribution in [0, 0.1) is 0 Å². The lowest BCUT2D eigenvalue weighted by atomic mass is 9.91. The first-order valence-electron chi connectivity index (χ1n) is 8.59. The van der Waals surface area contributed by atoms with Crippen LogP contribution in [0.4, 0.5) is 0 Å². The number of hydrogen-bond acceptors (Lipinski definition) is 3. The fourth-order valence-electron chi connectivity index (χ4n) is 2.85. The molecule has 1 atom stereocenters. The highest BCUT2D eigenvalue weighted by molar-refractivity contribution is 7.39. The van der Waals surface area contributed by atoms with Crippen LogP contribution in [0.25, 0.3) is 0 Å².